The number of nitrogens with zero attached hydrogens (tertiary/aromatic N) is 1. The minimum absolute atomic E-state index is 0.235. The van der Waals surface area contributed by atoms with E-state index >= 15 is 0 Å². The molecule has 0 bridgehead atoms. The van der Waals surface area contributed by atoms with Gasteiger partial charge < -0.3 is 10.7 Å². The molecule has 0 aliphatic carbocycles. The lowest BCUT2D eigenvalue weighted by Gasteiger charge is -2.08. The van der Waals surface area contributed by atoms with Gasteiger partial charge in [-0.25, -0.2) is 15.2 Å². The second-order valence-electron chi connectivity index (χ2n) is 3.66. The van der Waals surface area contributed by atoms with Crippen LogP contribution in [0.5, 0.6) is 0 Å². The number of aromatic nitrogens is 1. The summed E-state index contributed by atoms with van der Waals surface area (Å²) in [4.78, 5) is 3.98. The van der Waals surface area contributed by atoms with E-state index in [9.17, 15) is 4.39 Å². The summed E-state index contributed by atoms with van der Waals surface area (Å²) < 4.78 is 13.3. The summed E-state index contributed by atoms with van der Waals surface area (Å²) in [6.07, 6.45) is 1.61. The number of hydrogen-bond acceptors (Lipinski definition) is 4. The quantitative estimate of drug-likeness (QED) is 0.562. The van der Waals surface area contributed by atoms with Crippen LogP contribution in [0.4, 0.5) is 21.6 Å². The van der Waals surface area contributed by atoms with Crippen LogP contribution in [0.15, 0.2) is 36.5 Å². The maximum absolute atomic E-state index is 13.3. The Hall–Kier alpha value is -2.14. The zero-order valence-electron chi connectivity index (χ0n) is 9.37. The summed E-state index contributed by atoms with van der Waals surface area (Å²) >= 11 is 0. The molecule has 0 fully saturated rings. The number of anilines is 3. The fourth-order valence-corrected chi connectivity index (χ4v) is 1.42. The third-order valence-electron chi connectivity index (χ3n) is 2.37. The molecule has 5 heteroatoms. The first-order valence-corrected chi connectivity index (χ1v) is 5.15. The molecule has 0 saturated heterocycles. The number of rotatable bonds is 3. The van der Waals surface area contributed by atoms with Gasteiger partial charge in [0.05, 0.1) is 0 Å². The number of hydrazine groups is 1. The van der Waals surface area contributed by atoms with Crippen molar-refractivity contribution in [2.24, 2.45) is 5.84 Å². The van der Waals surface area contributed by atoms with Gasteiger partial charge in [0.1, 0.15) is 11.6 Å². The van der Waals surface area contributed by atoms with Crippen LogP contribution in [-0.4, -0.2) is 4.98 Å². The van der Waals surface area contributed by atoms with Crippen molar-refractivity contribution in [3.63, 3.8) is 0 Å². The number of hydrogen-bond donors (Lipinski definition) is 3. The zero-order chi connectivity index (χ0) is 12.3. The summed E-state index contributed by atoms with van der Waals surface area (Å²) in [5, 5.41) is 3.07. The number of aryl methyl sites for hydroxylation is 1. The lowest BCUT2D eigenvalue weighted by molar-refractivity contribution is 0.619. The van der Waals surface area contributed by atoms with Crippen molar-refractivity contribution in [3.05, 3.63) is 47.9 Å². The maximum Gasteiger partial charge on any atom is 0.141 e. The number of nitrogens with one attached hydrogen (secondary N) is 2. The van der Waals surface area contributed by atoms with Gasteiger partial charge in [-0.15, -0.1) is 0 Å². The SMILES string of the molecule is Cc1ccc(Nc2ccnc(NN)c2)cc1F. The van der Waals surface area contributed by atoms with Crippen molar-refractivity contribution in [2.45, 2.75) is 6.92 Å². The van der Waals surface area contributed by atoms with Gasteiger partial charge in [0, 0.05) is 23.6 Å². The second kappa shape index (κ2) is 4.80. The molecule has 1 aromatic carbocycles. The van der Waals surface area contributed by atoms with Gasteiger partial charge in [-0.2, -0.15) is 0 Å². The van der Waals surface area contributed by atoms with Crippen LogP contribution in [0.25, 0.3) is 0 Å². The first-order chi connectivity index (χ1) is 8.19. The maximum atomic E-state index is 13.3. The molecule has 0 aliphatic rings. The Bertz CT molecular complexity index is 528. The van der Waals surface area contributed by atoms with E-state index in [0.717, 1.165) is 5.69 Å². The van der Waals surface area contributed by atoms with Gasteiger partial charge in [0.2, 0.25) is 0 Å². The van der Waals surface area contributed by atoms with Crippen LogP contribution >= 0.6 is 0 Å². The Labute approximate surface area is 98.6 Å². The molecular formula is C12H13FN4. The molecule has 0 aliphatic heterocycles. The zero-order valence-corrected chi connectivity index (χ0v) is 9.37. The normalized spacial score (nSPS) is 10.1. The minimum Gasteiger partial charge on any atom is -0.355 e. The number of nitrogens with two attached hydrogens (primary N) is 1. The van der Waals surface area contributed by atoms with Crippen LogP contribution in [-0.2, 0) is 0 Å². The average Bonchev–Trinajstić information content (AvgIpc) is 2.34. The number of benzene rings is 1. The van der Waals surface area contributed by atoms with Crippen molar-refractivity contribution in [2.75, 3.05) is 10.7 Å². The standard InChI is InChI=1S/C12H13FN4/c1-8-2-3-9(6-11(8)13)16-10-4-5-15-12(7-10)17-14/h2-7H,14H2,1H3,(H2,15,16,17). The van der Waals surface area contributed by atoms with Crippen LogP contribution in [0, 0.1) is 12.7 Å². The van der Waals surface area contributed by atoms with Crippen LogP contribution in [0.1, 0.15) is 5.56 Å². The minimum atomic E-state index is -0.235. The summed E-state index contributed by atoms with van der Waals surface area (Å²) in [7, 11) is 0. The first kappa shape index (κ1) is 11.3. The number of pyridine rings is 1. The Balaban J connectivity index is 2.22. The van der Waals surface area contributed by atoms with Crippen LogP contribution in [0.2, 0.25) is 0 Å². The monoisotopic (exact) mass is 232 g/mol. The molecule has 2 aromatic rings. The predicted molar refractivity (Wildman–Crippen MR) is 66.5 cm³/mol. The molecule has 0 atom stereocenters. The van der Waals surface area contributed by atoms with Gasteiger partial charge in [-0.05, 0) is 30.7 Å². The highest BCUT2D eigenvalue weighted by Gasteiger charge is 2.00. The average molecular weight is 232 g/mol. The lowest BCUT2D eigenvalue weighted by Crippen LogP contribution is -2.08. The summed E-state index contributed by atoms with van der Waals surface area (Å²) in [5.41, 5.74) is 4.54. The third kappa shape index (κ3) is 2.70. The molecule has 0 amide bonds. The topological polar surface area (TPSA) is 63.0 Å². The number of nitrogen functional groups attached to an aromatic ring is 1. The van der Waals surface area contributed by atoms with E-state index in [0.29, 0.717) is 17.1 Å². The molecule has 0 unspecified atom stereocenters. The molecule has 0 radical (unpaired) electrons. The highest BCUT2D eigenvalue weighted by Crippen LogP contribution is 2.20. The van der Waals surface area contributed by atoms with Crippen molar-refractivity contribution in [1.29, 1.82) is 0 Å². The van der Waals surface area contributed by atoms with E-state index in [-0.39, 0.29) is 5.82 Å². The van der Waals surface area contributed by atoms with Gasteiger partial charge >= 0.3 is 0 Å². The van der Waals surface area contributed by atoms with E-state index in [1.54, 1.807) is 31.3 Å². The first-order valence-electron chi connectivity index (χ1n) is 5.15. The molecule has 1 heterocycles. The summed E-state index contributed by atoms with van der Waals surface area (Å²) in [6, 6.07) is 8.50. The molecular weight excluding hydrogens is 219 g/mol. The van der Waals surface area contributed by atoms with E-state index in [4.69, 9.17) is 5.84 Å². The molecule has 0 spiro atoms. The largest absolute Gasteiger partial charge is 0.355 e. The van der Waals surface area contributed by atoms with Crippen molar-refractivity contribution in [1.82, 2.24) is 4.98 Å². The summed E-state index contributed by atoms with van der Waals surface area (Å²) in [6.45, 7) is 1.72. The molecule has 88 valence electrons. The fraction of sp³-hybridized carbons (Fsp3) is 0.0833. The molecule has 4 N–H and O–H groups in total. The van der Waals surface area contributed by atoms with E-state index in [2.05, 4.69) is 15.7 Å². The molecule has 2 rings (SSSR count). The van der Waals surface area contributed by atoms with Gasteiger partial charge in [-0.1, -0.05) is 6.07 Å². The van der Waals surface area contributed by atoms with E-state index in [1.807, 2.05) is 6.07 Å². The Morgan fingerprint density at radius 2 is 1.94 bits per heavy atom. The fourth-order valence-electron chi connectivity index (χ4n) is 1.42. The van der Waals surface area contributed by atoms with Crippen molar-refractivity contribution >= 4 is 17.2 Å². The smallest absolute Gasteiger partial charge is 0.141 e. The van der Waals surface area contributed by atoms with Crippen molar-refractivity contribution < 1.29 is 4.39 Å². The molecule has 1 aromatic heterocycles. The highest BCUT2D eigenvalue weighted by molar-refractivity contribution is 5.62. The Kier molecular flexibility index (Phi) is 3.20. The van der Waals surface area contributed by atoms with Gasteiger partial charge in [0.25, 0.3) is 0 Å². The Morgan fingerprint density at radius 1 is 1.18 bits per heavy atom. The third-order valence-corrected chi connectivity index (χ3v) is 2.37. The van der Waals surface area contributed by atoms with Crippen LogP contribution in [0.3, 0.4) is 0 Å². The second-order valence-corrected chi connectivity index (χ2v) is 3.66. The van der Waals surface area contributed by atoms with E-state index in [1.165, 1.54) is 6.07 Å². The molecule has 17 heavy (non-hydrogen) atoms. The molecule has 4 nitrogen and oxygen atoms in total. The van der Waals surface area contributed by atoms with Crippen LogP contribution < -0.4 is 16.6 Å². The van der Waals surface area contributed by atoms with Gasteiger partial charge in [-0.3, -0.25) is 0 Å². The highest BCUT2D eigenvalue weighted by atomic mass is 19.1. The van der Waals surface area contributed by atoms with Crippen molar-refractivity contribution in [3.8, 4) is 0 Å². The Morgan fingerprint density at radius 3 is 2.65 bits per heavy atom. The summed E-state index contributed by atoms with van der Waals surface area (Å²) in [5.74, 6) is 5.56. The van der Waals surface area contributed by atoms with Gasteiger partial charge in [0.15, 0.2) is 0 Å². The number of halogens is 1. The van der Waals surface area contributed by atoms with E-state index < -0.39 is 0 Å². The predicted octanol–water partition coefficient (Wildman–Crippen LogP) is 2.56. The molecule has 0 saturated carbocycles. The lowest BCUT2D eigenvalue weighted by atomic mass is 10.2.